The van der Waals surface area contributed by atoms with Crippen LogP contribution in [0, 0.1) is 17.1 Å². The van der Waals surface area contributed by atoms with Gasteiger partial charge in [0.2, 0.25) is 0 Å². The molecule has 106 valence electrons. The van der Waals surface area contributed by atoms with E-state index in [-0.39, 0.29) is 12.2 Å². The number of hydrogen-bond acceptors (Lipinski definition) is 3. The average Bonchev–Trinajstić information content (AvgIpc) is 2.88. The molecule has 0 aromatic heterocycles. The molecule has 5 heteroatoms. The molecule has 1 heterocycles. The van der Waals surface area contributed by atoms with Crippen LogP contribution in [0.2, 0.25) is 0 Å². The molecule has 1 N–H and O–H groups in total. The molecule has 1 aromatic rings. The Morgan fingerprint density at radius 2 is 2.25 bits per heavy atom. The molecule has 1 unspecified atom stereocenters. The summed E-state index contributed by atoms with van der Waals surface area (Å²) < 4.78 is 19.5. The van der Waals surface area contributed by atoms with E-state index in [2.05, 4.69) is 6.07 Å². The fourth-order valence-corrected chi connectivity index (χ4v) is 2.34. The molecule has 1 saturated heterocycles. The van der Waals surface area contributed by atoms with Gasteiger partial charge in [-0.05, 0) is 31.9 Å². The lowest BCUT2D eigenvalue weighted by Gasteiger charge is -2.23. The molecular weight excluding hydrogens is 261 g/mol. The van der Waals surface area contributed by atoms with E-state index < -0.39 is 22.6 Å². The van der Waals surface area contributed by atoms with Crippen LogP contribution in [0.15, 0.2) is 18.2 Å². The largest absolute Gasteiger partial charge is 0.481 e. The number of hydrogen-bond donors (Lipinski definition) is 1. The molecule has 1 fully saturated rings. The topological polar surface area (TPSA) is 70.3 Å². The van der Waals surface area contributed by atoms with Gasteiger partial charge in [0.15, 0.2) is 0 Å². The Hall–Kier alpha value is -1.93. The smallest absolute Gasteiger partial charge is 0.313 e. The van der Waals surface area contributed by atoms with E-state index in [9.17, 15) is 14.4 Å². The number of halogens is 1. The summed E-state index contributed by atoms with van der Waals surface area (Å²) in [6.45, 7) is 3.63. The van der Waals surface area contributed by atoms with Crippen molar-refractivity contribution >= 4 is 5.97 Å². The van der Waals surface area contributed by atoms with Crippen molar-refractivity contribution in [1.29, 1.82) is 5.26 Å². The van der Waals surface area contributed by atoms with Gasteiger partial charge in [0, 0.05) is 12.2 Å². The summed E-state index contributed by atoms with van der Waals surface area (Å²) in [5.74, 6) is -1.58. The van der Waals surface area contributed by atoms with Crippen LogP contribution in [0.1, 0.15) is 31.4 Å². The molecule has 0 saturated carbocycles. The van der Waals surface area contributed by atoms with Crippen LogP contribution in [0.4, 0.5) is 4.39 Å². The van der Waals surface area contributed by atoms with Crippen LogP contribution in [0.3, 0.4) is 0 Å². The predicted molar refractivity (Wildman–Crippen MR) is 69.8 cm³/mol. The molecule has 2 rings (SSSR count). The van der Waals surface area contributed by atoms with E-state index in [1.165, 1.54) is 26.0 Å². The highest BCUT2D eigenvalue weighted by atomic mass is 19.1. The molecule has 0 radical (unpaired) electrons. The lowest BCUT2D eigenvalue weighted by atomic mass is 9.78. The maximum atomic E-state index is 14.3. The number of aliphatic carboxylic acids is 1. The van der Waals surface area contributed by atoms with Gasteiger partial charge in [0.05, 0.1) is 18.1 Å². The first kappa shape index (κ1) is 14.5. The molecule has 20 heavy (non-hydrogen) atoms. The SMILES string of the molecule is CC(C)(C(=O)O)c1ccc(C2(C#N)CCOC2)c(F)c1. The third-order valence-electron chi connectivity index (χ3n) is 3.98. The molecule has 1 aliphatic heterocycles. The van der Waals surface area contributed by atoms with Crippen molar-refractivity contribution in [1.82, 2.24) is 0 Å². The lowest BCUT2D eigenvalue weighted by Crippen LogP contribution is -2.30. The predicted octanol–water partition coefficient (Wildman–Crippen LogP) is 2.37. The molecule has 0 aliphatic carbocycles. The fraction of sp³-hybridized carbons (Fsp3) is 0.467. The molecule has 4 nitrogen and oxygen atoms in total. The van der Waals surface area contributed by atoms with Gasteiger partial charge in [0.1, 0.15) is 11.2 Å². The summed E-state index contributed by atoms with van der Waals surface area (Å²) in [6.07, 6.45) is 0.447. The van der Waals surface area contributed by atoms with Crippen molar-refractivity contribution in [3.63, 3.8) is 0 Å². The molecular formula is C15H16FNO3. The minimum atomic E-state index is -1.18. The van der Waals surface area contributed by atoms with E-state index in [1.807, 2.05) is 0 Å². The standard InChI is InChI=1S/C15H16FNO3/c1-14(2,13(18)19)10-3-4-11(12(16)7-10)15(8-17)5-6-20-9-15/h3-4,7H,5-6,9H2,1-2H3,(H,18,19). The lowest BCUT2D eigenvalue weighted by molar-refractivity contribution is -0.142. The zero-order valence-electron chi connectivity index (χ0n) is 11.4. The number of nitriles is 1. The summed E-state index contributed by atoms with van der Waals surface area (Å²) >= 11 is 0. The summed E-state index contributed by atoms with van der Waals surface area (Å²) in [5, 5.41) is 18.5. The Bertz CT molecular complexity index is 583. The van der Waals surface area contributed by atoms with Crippen LogP contribution >= 0.6 is 0 Å². The third kappa shape index (κ3) is 2.16. The first-order chi connectivity index (χ1) is 9.33. The van der Waals surface area contributed by atoms with Crippen molar-refractivity contribution in [2.24, 2.45) is 0 Å². The Morgan fingerprint density at radius 1 is 1.55 bits per heavy atom. The monoisotopic (exact) mass is 277 g/mol. The molecule has 1 aromatic carbocycles. The molecule has 0 spiro atoms. The summed E-state index contributed by atoms with van der Waals surface area (Å²) in [5.41, 5.74) is -1.48. The van der Waals surface area contributed by atoms with Gasteiger partial charge in [-0.2, -0.15) is 5.26 Å². The Morgan fingerprint density at radius 3 is 2.70 bits per heavy atom. The van der Waals surface area contributed by atoms with Crippen LogP contribution in [-0.2, 0) is 20.4 Å². The number of carboxylic acids is 1. The zero-order chi connectivity index (χ0) is 15.0. The molecule has 1 atom stereocenters. The van der Waals surface area contributed by atoms with Crippen molar-refractivity contribution < 1.29 is 19.0 Å². The first-order valence-corrected chi connectivity index (χ1v) is 6.36. The summed E-state index contributed by atoms with van der Waals surface area (Å²) in [4.78, 5) is 11.2. The minimum Gasteiger partial charge on any atom is -0.481 e. The van der Waals surface area contributed by atoms with Crippen LogP contribution in [0.5, 0.6) is 0 Å². The minimum absolute atomic E-state index is 0.169. The van der Waals surface area contributed by atoms with Crippen molar-refractivity contribution in [3.05, 3.63) is 35.1 Å². The number of nitrogens with zero attached hydrogens (tertiary/aromatic N) is 1. The number of ether oxygens (including phenoxy) is 1. The highest BCUT2D eigenvalue weighted by Crippen LogP contribution is 2.36. The van der Waals surface area contributed by atoms with Crippen molar-refractivity contribution in [3.8, 4) is 6.07 Å². The Balaban J connectivity index is 2.46. The van der Waals surface area contributed by atoms with Crippen molar-refractivity contribution in [2.45, 2.75) is 31.1 Å². The highest BCUT2D eigenvalue weighted by molar-refractivity contribution is 5.80. The summed E-state index contributed by atoms with van der Waals surface area (Å²) in [7, 11) is 0. The van der Waals surface area contributed by atoms with Gasteiger partial charge >= 0.3 is 5.97 Å². The van der Waals surface area contributed by atoms with Crippen LogP contribution in [0.25, 0.3) is 0 Å². The second-order valence-corrected chi connectivity index (χ2v) is 5.62. The Kier molecular flexibility index (Phi) is 3.53. The molecule has 1 aliphatic rings. The molecule has 0 amide bonds. The van der Waals surface area contributed by atoms with Gasteiger partial charge < -0.3 is 9.84 Å². The quantitative estimate of drug-likeness (QED) is 0.920. The van der Waals surface area contributed by atoms with E-state index >= 15 is 0 Å². The highest BCUT2D eigenvalue weighted by Gasteiger charge is 2.40. The first-order valence-electron chi connectivity index (χ1n) is 6.36. The van der Waals surface area contributed by atoms with Gasteiger partial charge in [-0.15, -0.1) is 0 Å². The molecule has 0 bridgehead atoms. The average molecular weight is 277 g/mol. The van der Waals surface area contributed by atoms with E-state index in [0.717, 1.165) is 0 Å². The normalized spacial score (nSPS) is 22.5. The van der Waals surface area contributed by atoms with Gasteiger partial charge in [-0.1, -0.05) is 12.1 Å². The number of carbonyl (C=O) groups is 1. The second-order valence-electron chi connectivity index (χ2n) is 5.62. The number of rotatable bonds is 3. The fourth-order valence-electron chi connectivity index (χ4n) is 2.34. The second kappa shape index (κ2) is 4.88. The number of benzene rings is 1. The van der Waals surface area contributed by atoms with Gasteiger partial charge in [-0.3, -0.25) is 4.79 Å². The van der Waals surface area contributed by atoms with Crippen molar-refractivity contribution in [2.75, 3.05) is 13.2 Å². The maximum absolute atomic E-state index is 14.3. The maximum Gasteiger partial charge on any atom is 0.313 e. The summed E-state index contributed by atoms with van der Waals surface area (Å²) in [6, 6.07) is 6.42. The zero-order valence-corrected chi connectivity index (χ0v) is 11.4. The van der Waals surface area contributed by atoms with E-state index in [4.69, 9.17) is 9.84 Å². The van der Waals surface area contributed by atoms with Gasteiger partial charge in [-0.25, -0.2) is 4.39 Å². The van der Waals surface area contributed by atoms with Crippen LogP contribution in [-0.4, -0.2) is 24.3 Å². The van der Waals surface area contributed by atoms with Gasteiger partial charge in [0.25, 0.3) is 0 Å². The van der Waals surface area contributed by atoms with E-state index in [1.54, 1.807) is 6.07 Å². The number of carboxylic acid groups (broad SMARTS) is 1. The Labute approximate surface area is 116 Å². The van der Waals surface area contributed by atoms with E-state index in [0.29, 0.717) is 18.6 Å². The van der Waals surface area contributed by atoms with Crippen LogP contribution < -0.4 is 0 Å². The third-order valence-corrected chi connectivity index (χ3v) is 3.98.